The second-order valence-electron chi connectivity index (χ2n) is 4.58. The van der Waals surface area contributed by atoms with Gasteiger partial charge in [-0.05, 0) is 31.7 Å². The van der Waals surface area contributed by atoms with Crippen LogP contribution < -0.4 is 5.32 Å². The van der Waals surface area contributed by atoms with Gasteiger partial charge in [0, 0.05) is 12.1 Å². The molecule has 1 saturated heterocycles. The van der Waals surface area contributed by atoms with Gasteiger partial charge in [0.2, 0.25) is 0 Å². The topological polar surface area (TPSA) is 12.0 Å². The van der Waals surface area contributed by atoms with Gasteiger partial charge < -0.3 is 5.32 Å². The second-order valence-corrected chi connectivity index (χ2v) is 4.58. The molecule has 2 heteroatoms. The molecule has 0 saturated carbocycles. The first-order valence-corrected chi connectivity index (χ1v) is 4.97. The summed E-state index contributed by atoms with van der Waals surface area (Å²) in [6, 6.07) is 10.8. The van der Waals surface area contributed by atoms with Crippen LogP contribution in [-0.4, -0.2) is 12.1 Å². The summed E-state index contributed by atoms with van der Waals surface area (Å²) in [5.41, 5.74) is 1.79. The van der Waals surface area contributed by atoms with Gasteiger partial charge >= 0.3 is 0 Å². The summed E-state index contributed by atoms with van der Waals surface area (Å²) >= 11 is 0. The Hall–Kier alpha value is -0.530. The summed E-state index contributed by atoms with van der Waals surface area (Å²) < 4.78 is 0. The second kappa shape index (κ2) is 4.33. The number of hydrogen-bond acceptors (Lipinski definition) is 1. The Morgan fingerprint density at radius 3 is 2.36 bits per heavy atom. The lowest BCUT2D eigenvalue weighted by molar-refractivity contribution is 0.456. The van der Waals surface area contributed by atoms with E-state index in [1.54, 1.807) is 0 Å². The zero-order chi connectivity index (χ0) is 9.31. The van der Waals surface area contributed by atoms with Crippen molar-refractivity contribution in [1.29, 1.82) is 0 Å². The monoisotopic (exact) mass is 211 g/mol. The molecular weight excluding hydrogens is 194 g/mol. The Labute approximate surface area is 92.3 Å². The largest absolute Gasteiger partial charge is 0.311 e. The Balaban J connectivity index is 0.000000980. The molecule has 1 unspecified atom stereocenters. The van der Waals surface area contributed by atoms with E-state index in [9.17, 15) is 0 Å². The number of halogens is 1. The Morgan fingerprint density at radius 2 is 1.86 bits per heavy atom. The quantitative estimate of drug-likeness (QED) is 0.753. The minimum atomic E-state index is 0. The average Bonchev–Trinajstić information content (AvgIpc) is 2.48. The zero-order valence-corrected chi connectivity index (χ0v) is 9.60. The van der Waals surface area contributed by atoms with Crippen molar-refractivity contribution in [2.45, 2.75) is 31.7 Å². The van der Waals surface area contributed by atoms with Crippen molar-refractivity contribution in [2.75, 3.05) is 6.54 Å². The Kier molecular flexibility index (Phi) is 3.57. The normalized spacial score (nSPS) is 24.3. The van der Waals surface area contributed by atoms with Crippen LogP contribution in [0, 0.1) is 0 Å². The van der Waals surface area contributed by atoms with Gasteiger partial charge in [-0.1, -0.05) is 30.3 Å². The van der Waals surface area contributed by atoms with Crippen molar-refractivity contribution in [2.24, 2.45) is 0 Å². The van der Waals surface area contributed by atoms with Crippen molar-refractivity contribution >= 4 is 12.4 Å². The van der Waals surface area contributed by atoms with E-state index >= 15 is 0 Å². The van der Waals surface area contributed by atoms with Crippen molar-refractivity contribution in [3.05, 3.63) is 35.9 Å². The molecule has 14 heavy (non-hydrogen) atoms. The van der Waals surface area contributed by atoms with Crippen molar-refractivity contribution in [3.8, 4) is 0 Å². The number of rotatable bonds is 1. The van der Waals surface area contributed by atoms with Crippen LogP contribution in [0.25, 0.3) is 0 Å². The molecule has 1 atom stereocenters. The summed E-state index contributed by atoms with van der Waals surface area (Å²) in [7, 11) is 0. The first-order valence-electron chi connectivity index (χ1n) is 4.97. The molecule has 2 rings (SSSR count). The van der Waals surface area contributed by atoms with E-state index < -0.39 is 0 Å². The standard InChI is InChI=1S/C12H17N.ClH/c1-12(2)8-11(9-13-12)10-6-4-3-5-7-10;/h3-7,11,13H,8-9H2,1-2H3;1H. The maximum atomic E-state index is 3.54. The predicted octanol–water partition coefficient (Wildman–Crippen LogP) is 2.96. The van der Waals surface area contributed by atoms with Crippen LogP contribution in [0.1, 0.15) is 31.7 Å². The van der Waals surface area contributed by atoms with Gasteiger partial charge in [0.05, 0.1) is 0 Å². The third-order valence-corrected chi connectivity index (χ3v) is 2.85. The molecule has 0 aromatic heterocycles. The maximum absolute atomic E-state index is 3.54. The first kappa shape index (κ1) is 11.5. The van der Waals surface area contributed by atoms with Crippen LogP contribution in [0.2, 0.25) is 0 Å². The lowest BCUT2D eigenvalue weighted by Gasteiger charge is -2.17. The molecule has 1 aromatic carbocycles. The molecule has 1 aromatic rings. The van der Waals surface area contributed by atoms with Crippen LogP contribution in [0.5, 0.6) is 0 Å². The van der Waals surface area contributed by atoms with Gasteiger partial charge in [-0.25, -0.2) is 0 Å². The third kappa shape index (κ3) is 2.49. The van der Waals surface area contributed by atoms with Crippen LogP contribution >= 0.6 is 12.4 Å². The van der Waals surface area contributed by atoms with Gasteiger partial charge in [0.25, 0.3) is 0 Å². The number of benzene rings is 1. The van der Waals surface area contributed by atoms with E-state index in [1.807, 2.05) is 0 Å². The highest BCUT2D eigenvalue weighted by atomic mass is 35.5. The van der Waals surface area contributed by atoms with Crippen LogP contribution in [0.3, 0.4) is 0 Å². The molecule has 0 radical (unpaired) electrons. The molecule has 0 spiro atoms. The van der Waals surface area contributed by atoms with Crippen LogP contribution in [-0.2, 0) is 0 Å². The van der Waals surface area contributed by atoms with Crippen molar-refractivity contribution < 1.29 is 0 Å². The minimum Gasteiger partial charge on any atom is -0.311 e. The van der Waals surface area contributed by atoms with Crippen molar-refractivity contribution in [3.63, 3.8) is 0 Å². The van der Waals surface area contributed by atoms with E-state index in [2.05, 4.69) is 49.5 Å². The van der Waals surface area contributed by atoms with E-state index in [1.165, 1.54) is 12.0 Å². The van der Waals surface area contributed by atoms with Gasteiger partial charge in [-0.15, -0.1) is 12.4 Å². The molecule has 0 bridgehead atoms. The molecule has 0 amide bonds. The summed E-state index contributed by atoms with van der Waals surface area (Å²) in [4.78, 5) is 0. The molecule has 1 heterocycles. The fourth-order valence-corrected chi connectivity index (χ4v) is 2.12. The van der Waals surface area contributed by atoms with Gasteiger partial charge in [-0.3, -0.25) is 0 Å². The molecule has 1 N–H and O–H groups in total. The predicted molar refractivity (Wildman–Crippen MR) is 63.1 cm³/mol. The molecule has 1 aliphatic heterocycles. The first-order chi connectivity index (χ1) is 6.17. The Morgan fingerprint density at radius 1 is 1.21 bits per heavy atom. The summed E-state index contributed by atoms with van der Waals surface area (Å²) in [5, 5.41) is 3.54. The van der Waals surface area contributed by atoms with E-state index in [0.717, 1.165) is 6.54 Å². The van der Waals surface area contributed by atoms with E-state index in [0.29, 0.717) is 11.5 Å². The maximum Gasteiger partial charge on any atom is 0.0131 e. The zero-order valence-electron chi connectivity index (χ0n) is 8.79. The summed E-state index contributed by atoms with van der Waals surface area (Å²) in [6.07, 6.45) is 1.25. The van der Waals surface area contributed by atoms with Gasteiger partial charge in [-0.2, -0.15) is 0 Å². The summed E-state index contributed by atoms with van der Waals surface area (Å²) in [5.74, 6) is 0.705. The highest BCUT2D eigenvalue weighted by Crippen LogP contribution is 2.30. The van der Waals surface area contributed by atoms with Crippen LogP contribution in [0.15, 0.2) is 30.3 Å². The van der Waals surface area contributed by atoms with Crippen LogP contribution in [0.4, 0.5) is 0 Å². The SMILES string of the molecule is CC1(C)CC(c2ccccc2)CN1.Cl. The molecule has 1 fully saturated rings. The minimum absolute atomic E-state index is 0. The fourth-order valence-electron chi connectivity index (χ4n) is 2.12. The van der Waals surface area contributed by atoms with E-state index in [-0.39, 0.29) is 12.4 Å². The van der Waals surface area contributed by atoms with E-state index in [4.69, 9.17) is 0 Å². The fraction of sp³-hybridized carbons (Fsp3) is 0.500. The molecule has 1 aliphatic rings. The summed E-state index contributed by atoms with van der Waals surface area (Å²) in [6.45, 7) is 5.67. The molecule has 0 aliphatic carbocycles. The number of hydrogen-bond donors (Lipinski definition) is 1. The number of nitrogens with one attached hydrogen (secondary N) is 1. The molecular formula is C12H18ClN. The highest BCUT2D eigenvalue weighted by Gasteiger charge is 2.30. The van der Waals surface area contributed by atoms with Crippen molar-refractivity contribution in [1.82, 2.24) is 5.32 Å². The smallest absolute Gasteiger partial charge is 0.0131 e. The highest BCUT2D eigenvalue weighted by molar-refractivity contribution is 5.85. The third-order valence-electron chi connectivity index (χ3n) is 2.85. The lowest BCUT2D eigenvalue weighted by atomic mass is 9.91. The molecule has 78 valence electrons. The lowest BCUT2D eigenvalue weighted by Crippen LogP contribution is -2.31. The Bertz CT molecular complexity index is 282. The average molecular weight is 212 g/mol. The van der Waals surface area contributed by atoms with Gasteiger partial charge in [0.1, 0.15) is 0 Å². The van der Waals surface area contributed by atoms with Gasteiger partial charge in [0.15, 0.2) is 0 Å². The molecule has 1 nitrogen and oxygen atoms in total.